The number of ether oxygens (including phenoxy) is 2. The van der Waals surface area contributed by atoms with Gasteiger partial charge in [0.2, 0.25) is 0 Å². The molecule has 0 bridgehead atoms. The highest BCUT2D eigenvalue weighted by Gasteiger charge is 2.61. The van der Waals surface area contributed by atoms with Gasteiger partial charge in [0.05, 0.1) is 6.10 Å². The van der Waals surface area contributed by atoms with Gasteiger partial charge >= 0.3 is 0 Å². The summed E-state index contributed by atoms with van der Waals surface area (Å²) in [5, 5.41) is 36.3. The number of hydrogen-bond donors (Lipinski definition) is 3. The molecule has 0 aliphatic carbocycles. The van der Waals surface area contributed by atoms with Crippen molar-refractivity contribution in [1.29, 1.82) is 0 Å². The molecule has 5 heteroatoms. The lowest BCUT2D eigenvalue weighted by atomic mass is 9.66. The lowest BCUT2D eigenvalue weighted by Crippen LogP contribution is -2.72. The van der Waals surface area contributed by atoms with Crippen molar-refractivity contribution in [2.75, 3.05) is 6.61 Å². The SMILES string of the molecule is CCCCCO[C@@H]1C[C@](O)(Cc2ccccc2)[C@@](O)(Cc2ccccc2)[C@@H](C(O)Cc2ccccc2)O1. The summed E-state index contributed by atoms with van der Waals surface area (Å²) in [5.74, 6) is 0. The van der Waals surface area contributed by atoms with Gasteiger partial charge in [-0.1, -0.05) is 111 Å². The molecule has 3 aromatic carbocycles. The summed E-state index contributed by atoms with van der Waals surface area (Å²) < 4.78 is 12.4. The maximum Gasteiger partial charge on any atom is 0.161 e. The molecule has 0 amide bonds. The van der Waals surface area contributed by atoms with E-state index in [1.807, 2.05) is 91.0 Å². The van der Waals surface area contributed by atoms with Gasteiger partial charge in [-0.05, 0) is 23.1 Å². The lowest BCUT2D eigenvalue weighted by Gasteiger charge is -2.54. The Morgan fingerprint density at radius 3 is 1.92 bits per heavy atom. The second-order valence-electron chi connectivity index (χ2n) is 10.3. The van der Waals surface area contributed by atoms with Crippen LogP contribution in [0.25, 0.3) is 0 Å². The Kier molecular flexibility index (Phi) is 9.52. The van der Waals surface area contributed by atoms with E-state index in [1.54, 1.807) is 0 Å². The summed E-state index contributed by atoms with van der Waals surface area (Å²) in [6, 6.07) is 28.9. The number of aliphatic hydroxyl groups is 3. The fraction of sp³-hybridized carbons (Fsp3) is 0.438. The Hall–Kier alpha value is -2.54. The van der Waals surface area contributed by atoms with Crippen molar-refractivity contribution in [3.63, 3.8) is 0 Å². The molecular formula is C32H40O5. The van der Waals surface area contributed by atoms with E-state index >= 15 is 0 Å². The van der Waals surface area contributed by atoms with Crippen LogP contribution in [0.5, 0.6) is 0 Å². The Bertz CT molecular complexity index is 1060. The first-order chi connectivity index (χ1) is 17.9. The zero-order chi connectivity index (χ0) is 26.1. The fourth-order valence-electron chi connectivity index (χ4n) is 5.41. The first kappa shape index (κ1) is 27.5. The molecule has 1 heterocycles. The third-order valence-electron chi connectivity index (χ3n) is 7.42. The van der Waals surface area contributed by atoms with Gasteiger partial charge in [0, 0.05) is 32.3 Å². The zero-order valence-corrected chi connectivity index (χ0v) is 21.7. The number of unbranched alkanes of at least 4 members (excludes halogenated alkanes) is 2. The highest BCUT2D eigenvalue weighted by molar-refractivity contribution is 5.27. The van der Waals surface area contributed by atoms with Crippen molar-refractivity contribution in [2.24, 2.45) is 0 Å². The highest BCUT2D eigenvalue weighted by Crippen LogP contribution is 2.44. The number of rotatable bonds is 12. The van der Waals surface area contributed by atoms with E-state index in [-0.39, 0.29) is 25.7 Å². The van der Waals surface area contributed by atoms with Crippen molar-refractivity contribution in [3.05, 3.63) is 108 Å². The first-order valence-corrected chi connectivity index (χ1v) is 13.5. The monoisotopic (exact) mass is 504 g/mol. The maximum atomic E-state index is 12.5. The van der Waals surface area contributed by atoms with Gasteiger partial charge in [0.25, 0.3) is 0 Å². The minimum Gasteiger partial charge on any atom is -0.390 e. The minimum atomic E-state index is -1.76. The smallest absolute Gasteiger partial charge is 0.161 e. The van der Waals surface area contributed by atoms with Crippen LogP contribution in [0.4, 0.5) is 0 Å². The van der Waals surface area contributed by atoms with Crippen molar-refractivity contribution < 1.29 is 24.8 Å². The average molecular weight is 505 g/mol. The molecule has 3 aromatic rings. The molecule has 1 unspecified atom stereocenters. The Balaban J connectivity index is 1.70. The maximum absolute atomic E-state index is 12.5. The minimum absolute atomic E-state index is 0.103. The number of benzene rings is 3. The van der Waals surface area contributed by atoms with Gasteiger partial charge in [-0.2, -0.15) is 0 Å². The second-order valence-corrected chi connectivity index (χ2v) is 10.3. The van der Waals surface area contributed by atoms with Gasteiger partial charge < -0.3 is 24.8 Å². The summed E-state index contributed by atoms with van der Waals surface area (Å²) in [6.07, 6.45) is 0.877. The topological polar surface area (TPSA) is 79.2 Å². The predicted octanol–water partition coefficient (Wildman–Crippen LogP) is 4.86. The fourth-order valence-corrected chi connectivity index (χ4v) is 5.41. The molecule has 37 heavy (non-hydrogen) atoms. The molecule has 1 aliphatic heterocycles. The van der Waals surface area contributed by atoms with E-state index in [0.717, 1.165) is 36.0 Å². The Morgan fingerprint density at radius 1 is 0.811 bits per heavy atom. The van der Waals surface area contributed by atoms with Gasteiger partial charge in [0.1, 0.15) is 17.3 Å². The van der Waals surface area contributed by atoms with Crippen LogP contribution >= 0.6 is 0 Å². The molecular weight excluding hydrogens is 464 g/mol. The van der Waals surface area contributed by atoms with Gasteiger partial charge in [-0.25, -0.2) is 0 Å². The van der Waals surface area contributed by atoms with Crippen molar-refractivity contribution >= 4 is 0 Å². The summed E-state index contributed by atoms with van der Waals surface area (Å²) in [5.41, 5.74) is -0.668. The van der Waals surface area contributed by atoms with Gasteiger partial charge in [0.15, 0.2) is 6.29 Å². The van der Waals surface area contributed by atoms with E-state index in [1.165, 1.54) is 0 Å². The molecule has 1 aliphatic rings. The standard InChI is InChI=1S/C32H40O5/c1-2-3-13-20-36-29-24-31(34,22-26-16-9-5-10-17-26)32(35,23-27-18-11-6-12-19-27)30(37-29)28(33)21-25-14-7-4-8-15-25/h4-12,14-19,28-30,33-35H,2-3,13,20-24H2,1H3/t28?,29-,30+,31+,32+/m0/s1. The number of hydrogen-bond acceptors (Lipinski definition) is 5. The quantitative estimate of drug-likeness (QED) is 0.307. The average Bonchev–Trinajstić information content (AvgIpc) is 2.90. The largest absolute Gasteiger partial charge is 0.390 e. The molecule has 1 fully saturated rings. The number of aliphatic hydroxyl groups excluding tert-OH is 1. The Labute approximate surface area is 220 Å². The molecule has 4 rings (SSSR count). The van der Waals surface area contributed by atoms with Crippen LogP contribution < -0.4 is 0 Å². The van der Waals surface area contributed by atoms with Crippen LogP contribution in [-0.4, -0.2) is 51.6 Å². The van der Waals surface area contributed by atoms with Crippen molar-refractivity contribution in [2.45, 2.75) is 81.6 Å². The third-order valence-corrected chi connectivity index (χ3v) is 7.42. The van der Waals surface area contributed by atoms with E-state index in [4.69, 9.17) is 9.47 Å². The van der Waals surface area contributed by atoms with E-state index in [2.05, 4.69) is 6.92 Å². The van der Waals surface area contributed by atoms with Gasteiger partial charge in [-0.15, -0.1) is 0 Å². The summed E-state index contributed by atoms with van der Waals surface area (Å²) in [6.45, 7) is 2.63. The molecule has 0 radical (unpaired) electrons. The van der Waals surface area contributed by atoms with Crippen LogP contribution in [0, 0.1) is 0 Å². The first-order valence-electron chi connectivity index (χ1n) is 13.5. The highest BCUT2D eigenvalue weighted by atomic mass is 16.7. The molecule has 5 atom stereocenters. The normalized spacial score (nSPS) is 26.6. The van der Waals surface area contributed by atoms with Crippen molar-refractivity contribution in [1.82, 2.24) is 0 Å². The third kappa shape index (κ3) is 6.86. The molecule has 0 aromatic heterocycles. The van der Waals surface area contributed by atoms with Crippen LogP contribution in [0.3, 0.4) is 0 Å². The molecule has 5 nitrogen and oxygen atoms in total. The van der Waals surface area contributed by atoms with Crippen LogP contribution in [-0.2, 0) is 28.7 Å². The van der Waals surface area contributed by atoms with E-state index in [0.29, 0.717) is 6.61 Å². The van der Waals surface area contributed by atoms with Crippen molar-refractivity contribution in [3.8, 4) is 0 Å². The Morgan fingerprint density at radius 2 is 1.35 bits per heavy atom. The zero-order valence-electron chi connectivity index (χ0n) is 21.7. The van der Waals surface area contributed by atoms with Crippen LogP contribution in [0.15, 0.2) is 91.0 Å². The molecule has 3 N–H and O–H groups in total. The lowest BCUT2D eigenvalue weighted by molar-refractivity contribution is -0.334. The summed E-state index contributed by atoms with van der Waals surface area (Å²) >= 11 is 0. The second kappa shape index (κ2) is 12.8. The molecule has 0 spiro atoms. The summed E-state index contributed by atoms with van der Waals surface area (Å²) in [7, 11) is 0. The predicted molar refractivity (Wildman–Crippen MR) is 145 cm³/mol. The molecule has 198 valence electrons. The van der Waals surface area contributed by atoms with Gasteiger partial charge in [-0.3, -0.25) is 0 Å². The van der Waals surface area contributed by atoms with E-state index < -0.39 is 29.7 Å². The summed E-state index contributed by atoms with van der Waals surface area (Å²) in [4.78, 5) is 0. The molecule has 1 saturated heterocycles. The van der Waals surface area contributed by atoms with E-state index in [9.17, 15) is 15.3 Å². The van der Waals surface area contributed by atoms with Crippen LogP contribution in [0.1, 0.15) is 49.3 Å². The van der Waals surface area contributed by atoms with Crippen LogP contribution in [0.2, 0.25) is 0 Å². The molecule has 0 saturated carbocycles.